The summed E-state index contributed by atoms with van der Waals surface area (Å²) in [5.41, 5.74) is -0.827. The van der Waals surface area contributed by atoms with Crippen molar-refractivity contribution in [3.05, 3.63) is 69.3 Å². The number of nitro groups is 1. The van der Waals surface area contributed by atoms with Gasteiger partial charge in [0.05, 0.1) is 32.3 Å². The monoisotopic (exact) mass is 469 g/mol. The fourth-order valence-corrected chi connectivity index (χ4v) is 3.28. The SMILES string of the molecule is CCOC(=O)C(C(CC(=O)c1ccc(OC)c(OC)c1)c1ccc(C(F)(F)F)cc1)[N+](=O)[O-]. The Balaban J connectivity index is 2.49. The third-order valence-electron chi connectivity index (χ3n) is 4.91. The van der Waals surface area contributed by atoms with Crippen LogP contribution in [-0.2, 0) is 15.7 Å². The minimum atomic E-state index is -4.62. The lowest BCUT2D eigenvalue weighted by Crippen LogP contribution is -2.38. The van der Waals surface area contributed by atoms with Gasteiger partial charge < -0.3 is 14.2 Å². The first kappa shape index (κ1) is 25.6. The van der Waals surface area contributed by atoms with E-state index in [2.05, 4.69) is 0 Å². The van der Waals surface area contributed by atoms with Crippen LogP contribution in [0, 0.1) is 10.1 Å². The van der Waals surface area contributed by atoms with Crippen molar-refractivity contribution in [2.24, 2.45) is 0 Å². The minimum Gasteiger partial charge on any atom is -0.493 e. The van der Waals surface area contributed by atoms with Crippen molar-refractivity contribution in [1.82, 2.24) is 0 Å². The second-order valence-corrected chi connectivity index (χ2v) is 6.91. The van der Waals surface area contributed by atoms with Gasteiger partial charge >= 0.3 is 18.2 Å². The molecule has 0 heterocycles. The number of hydrogen-bond donors (Lipinski definition) is 0. The highest BCUT2D eigenvalue weighted by molar-refractivity contribution is 5.97. The average molecular weight is 469 g/mol. The summed E-state index contributed by atoms with van der Waals surface area (Å²) >= 11 is 0. The Labute approximate surface area is 187 Å². The first-order valence-corrected chi connectivity index (χ1v) is 9.76. The van der Waals surface area contributed by atoms with Crippen LogP contribution < -0.4 is 9.47 Å². The van der Waals surface area contributed by atoms with Crippen molar-refractivity contribution in [3.63, 3.8) is 0 Å². The van der Waals surface area contributed by atoms with Crippen molar-refractivity contribution < 1.29 is 41.9 Å². The fraction of sp³-hybridized carbons (Fsp3) is 0.364. The molecule has 33 heavy (non-hydrogen) atoms. The number of esters is 1. The molecular formula is C22H22F3NO7. The minimum absolute atomic E-state index is 0.0200. The number of alkyl halides is 3. The zero-order chi connectivity index (χ0) is 24.8. The molecule has 8 nitrogen and oxygen atoms in total. The van der Waals surface area contributed by atoms with Gasteiger partial charge in [-0.3, -0.25) is 14.9 Å². The van der Waals surface area contributed by atoms with E-state index in [0.29, 0.717) is 5.75 Å². The van der Waals surface area contributed by atoms with E-state index in [0.717, 1.165) is 24.3 Å². The van der Waals surface area contributed by atoms with Crippen LogP contribution in [0.1, 0.15) is 40.7 Å². The predicted molar refractivity (Wildman–Crippen MR) is 110 cm³/mol. The number of hydrogen-bond acceptors (Lipinski definition) is 7. The summed E-state index contributed by atoms with van der Waals surface area (Å²) in [5.74, 6) is -2.56. The molecule has 11 heteroatoms. The number of ether oxygens (including phenoxy) is 3. The number of rotatable bonds is 10. The van der Waals surface area contributed by atoms with E-state index in [-0.39, 0.29) is 23.5 Å². The molecule has 2 rings (SSSR count). The number of nitrogens with zero attached hydrogens (tertiary/aromatic N) is 1. The Kier molecular flexibility index (Phi) is 8.38. The van der Waals surface area contributed by atoms with Crippen LogP contribution in [-0.4, -0.2) is 43.5 Å². The average Bonchev–Trinajstić information content (AvgIpc) is 2.77. The number of halogens is 3. The summed E-state index contributed by atoms with van der Waals surface area (Å²) in [6.45, 7) is 1.31. The molecule has 0 spiro atoms. The van der Waals surface area contributed by atoms with Crippen molar-refractivity contribution in [2.75, 3.05) is 20.8 Å². The summed E-state index contributed by atoms with van der Waals surface area (Å²) in [7, 11) is 2.77. The number of methoxy groups -OCH3 is 2. The Morgan fingerprint density at radius 1 is 1.03 bits per heavy atom. The lowest BCUT2D eigenvalue weighted by atomic mass is 9.85. The van der Waals surface area contributed by atoms with Gasteiger partial charge in [0, 0.05) is 16.9 Å². The Hall–Kier alpha value is -3.63. The van der Waals surface area contributed by atoms with Gasteiger partial charge in [-0.1, -0.05) is 12.1 Å². The third kappa shape index (κ3) is 6.21. The highest BCUT2D eigenvalue weighted by Crippen LogP contribution is 2.34. The summed E-state index contributed by atoms with van der Waals surface area (Å²) in [5, 5.41) is 11.7. The first-order valence-electron chi connectivity index (χ1n) is 9.76. The third-order valence-corrected chi connectivity index (χ3v) is 4.91. The van der Waals surface area contributed by atoms with Crippen LogP contribution in [0.3, 0.4) is 0 Å². The Bertz CT molecular complexity index is 1010. The van der Waals surface area contributed by atoms with E-state index in [1.54, 1.807) is 0 Å². The quantitative estimate of drug-likeness (QED) is 0.221. The van der Waals surface area contributed by atoms with Gasteiger partial charge in [0.2, 0.25) is 0 Å². The number of ketones is 1. The molecule has 0 aliphatic rings. The molecule has 0 saturated heterocycles. The molecule has 0 saturated carbocycles. The van der Waals surface area contributed by atoms with Gasteiger partial charge in [-0.05, 0) is 42.8 Å². The van der Waals surface area contributed by atoms with Gasteiger partial charge in [0.25, 0.3) is 0 Å². The van der Waals surface area contributed by atoms with E-state index in [1.165, 1.54) is 39.3 Å². The second-order valence-electron chi connectivity index (χ2n) is 6.91. The molecule has 0 radical (unpaired) electrons. The maximum atomic E-state index is 13.0. The summed E-state index contributed by atoms with van der Waals surface area (Å²) in [4.78, 5) is 36.1. The highest BCUT2D eigenvalue weighted by atomic mass is 19.4. The molecule has 2 aromatic carbocycles. The van der Waals surface area contributed by atoms with E-state index in [4.69, 9.17) is 14.2 Å². The van der Waals surface area contributed by atoms with Crippen LogP contribution in [0.5, 0.6) is 11.5 Å². The molecule has 0 amide bonds. The largest absolute Gasteiger partial charge is 0.493 e. The van der Waals surface area contributed by atoms with Gasteiger partial charge in [-0.2, -0.15) is 13.2 Å². The van der Waals surface area contributed by atoms with Crippen molar-refractivity contribution >= 4 is 11.8 Å². The van der Waals surface area contributed by atoms with E-state index < -0.39 is 46.8 Å². The van der Waals surface area contributed by atoms with Gasteiger partial charge in [0.15, 0.2) is 17.3 Å². The standard InChI is InChI=1S/C22H22F3NO7/c1-4-33-21(28)20(26(29)30)16(13-5-8-15(9-6-13)22(23,24)25)12-17(27)14-7-10-18(31-2)19(11-14)32-3/h5-11,16,20H,4,12H2,1-3H3. The van der Waals surface area contributed by atoms with Gasteiger partial charge in [-0.15, -0.1) is 0 Å². The summed E-state index contributed by atoms with van der Waals surface area (Å²) < 4.78 is 53.9. The van der Waals surface area contributed by atoms with Crippen molar-refractivity contribution in [3.8, 4) is 11.5 Å². The summed E-state index contributed by atoms with van der Waals surface area (Å²) in [6, 6.07) is 5.78. The zero-order valence-corrected chi connectivity index (χ0v) is 18.0. The Morgan fingerprint density at radius 3 is 2.12 bits per heavy atom. The fourth-order valence-electron chi connectivity index (χ4n) is 3.28. The molecule has 0 N–H and O–H groups in total. The molecule has 0 bridgehead atoms. The smallest absolute Gasteiger partial charge is 0.416 e. The van der Waals surface area contributed by atoms with Crippen LogP contribution in [0.4, 0.5) is 13.2 Å². The van der Waals surface area contributed by atoms with Crippen molar-refractivity contribution in [1.29, 1.82) is 0 Å². The number of benzene rings is 2. The Morgan fingerprint density at radius 2 is 1.64 bits per heavy atom. The summed E-state index contributed by atoms with van der Waals surface area (Å²) in [6.07, 6.45) is -5.15. The topological polar surface area (TPSA) is 105 Å². The molecule has 2 atom stereocenters. The van der Waals surface area contributed by atoms with Crippen LogP contribution in [0.2, 0.25) is 0 Å². The lowest BCUT2D eigenvalue weighted by molar-refractivity contribution is -0.514. The van der Waals surface area contributed by atoms with Crippen LogP contribution in [0.25, 0.3) is 0 Å². The molecule has 0 aliphatic carbocycles. The molecule has 178 valence electrons. The number of Topliss-reactive ketones (excluding diaryl/α,β-unsaturated/α-hetero) is 1. The maximum Gasteiger partial charge on any atom is 0.416 e. The highest BCUT2D eigenvalue weighted by Gasteiger charge is 2.42. The molecule has 2 unspecified atom stereocenters. The van der Waals surface area contributed by atoms with E-state index in [9.17, 15) is 32.9 Å². The normalized spacial score (nSPS) is 13.0. The first-order chi connectivity index (χ1) is 15.5. The zero-order valence-electron chi connectivity index (χ0n) is 18.0. The molecule has 0 aromatic heterocycles. The maximum absolute atomic E-state index is 13.0. The van der Waals surface area contributed by atoms with Gasteiger partial charge in [0.1, 0.15) is 0 Å². The number of carbonyl (C=O) groups is 2. The molecule has 2 aromatic rings. The van der Waals surface area contributed by atoms with Gasteiger partial charge in [-0.25, -0.2) is 4.79 Å². The number of carbonyl (C=O) groups excluding carboxylic acids is 2. The molecule has 0 fully saturated rings. The van der Waals surface area contributed by atoms with E-state index in [1.807, 2.05) is 0 Å². The molecular weight excluding hydrogens is 447 g/mol. The second kappa shape index (κ2) is 10.8. The van der Waals surface area contributed by atoms with Crippen molar-refractivity contribution in [2.45, 2.75) is 31.5 Å². The van der Waals surface area contributed by atoms with E-state index >= 15 is 0 Å². The molecule has 0 aliphatic heterocycles. The predicted octanol–water partition coefficient (Wildman–Crippen LogP) is 4.29. The van der Waals surface area contributed by atoms with Crippen LogP contribution >= 0.6 is 0 Å². The lowest BCUT2D eigenvalue weighted by Gasteiger charge is -2.20. The van der Waals surface area contributed by atoms with Crippen LogP contribution in [0.15, 0.2) is 42.5 Å².